The molecule has 0 aliphatic carbocycles. The number of furan rings is 1. The summed E-state index contributed by atoms with van der Waals surface area (Å²) in [6, 6.07) is 23.2. The Kier molecular flexibility index (Phi) is 8.37. The van der Waals surface area contributed by atoms with Crippen molar-refractivity contribution in [1.82, 2.24) is 4.90 Å². The number of hydrogen-bond acceptors (Lipinski definition) is 7. The number of hydrogen-bond donors (Lipinski definition) is 1. The number of thioether (sulfide) groups is 1. The molecule has 0 saturated carbocycles. The predicted molar refractivity (Wildman–Crippen MR) is 157 cm³/mol. The van der Waals surface area contributed by atoms with Crippen LogP contribution in [0.3, 0.4) is 0 Å². The van der Waals surface area contributed by atoms with Crippen LogP contribution in [0.1, 0.15) is 27.2 Å². The molecule has 1 amide bonds. The van der Waals surface area contributed by atoms with Gasteiger partial charge in [-0.2, -0.15) is 0 Å². The van der Waals surface area contributed by atoms with Crippen molar-refractivity contribution in [2.45, 2.75) is 13.2 Å². The number of rotatable bonds is 9. The normalized spacial score (nSPS) is 15.2. The molecular weight excluding hydrogens is 596 g/mol. The number of carbonyl (C=O) groups excluding carboxylic acids is 1. The van der Waals surface area contributed by atoms with E-state index in [4.69, 9.17) is 18.9 Å². The first-order chi connectivity index (χ1) is 19.4. The molecule has 8 nitrogen and oxygen atoms in total. The molecule has 1 aliphatic heterocycles. The summed E-state index contributed by atoms with van der Waals surface area (Å²) in [5, 5.41) is 9.79. The lowest BCUT2D eigenvalue weighted by atomic mass is 10.1. The number of amidine groups is 1. The molecule has 1 fully saturated rings. The molecule has 40 heavy (non-hydrogen) atoms. The van der Waals surface area contributed by atoms with Gasteiger partial charge in [-0.25, -0.2) is 9.79 Å². The van der Waals surface area contributed by atoms with Gasteiger partial charge in [0.2, 0.25) is 0 Å². The number of ether oxygens (including phenoxy) is 2. The number of halogens is 1. The average molecular weight is 619 g/mol. The van der Waals surface area contributed by atoms with E-state index in [1.54, 1.807) is 47.6 Å². The molecule has 10 heteroatoms. The van der Waals surface area contributed by atoms with E-state index in [1.165, 1.54) is 24.9 Å². The first kappa shape index (κ1) is 27.3. The topological polar surface area (TPSA) is 102 Å². The molecular formula is C30H23BrN2O6S. The Morgan fingerprint density at radius 1 is 1.10 bits per heavy atom. The second kappa shape index (κ2) is 12.3. The Labute approximate surface area is 243 Å². The Hall–Kier alpha value is -4.28. The van der Waals surface area contributed by atoms with Gasteiger partial charge in [-0.15, -0.1) is 0 Å². The summed E-state index contributed by atoms with van der Waals surface area (Å²) in [5.41, 5.74) is 2.35. The van der Waals surface area contributed by atoms with E-state index in [2.05, 4.69) is 15.9 Å². The van der Waals surface area contributed by atoms with E-state index >= 15 is 0 Å². The van der Waals surface area contributed by atoms with Gasteiger partial charge in [0.25, 0.3) is 5.91 Å². The monoisotopic (exact) mass is 618 g/mol. The van der Waals surface area contributed by atoms with E-state index in [9.17, 15) is 14.7 Å². The van der Waals surface area contributed by atoms with Gasteiger partial charge in [-0.1, -0.05) is 30.3 Å². The summed E-state index contributed by atoms with van der Waals surface area (Å²) >= 11 is 4.84. The van der Waals surface area contributed by atoms with Crippen molar-refractivity contribution in [3.8, 4) is 11.5 Å². The van der Waals surface area contributed by atoms with Crippen molar-refractivity contribution in [2.75, 3.05) is 7.11 Å². The van der Waals surface area contributed by atoms with Crippen molar-refractivity contribution in [3.05, 3.63) is 117 Å². The lowest BCUT2D eigenvalue weighted by molar-refractivity contribution is -0.122. The predicted octanol–water partition coefficient (Wildman–Crippen LogP) is 7.13. The Balaban J connectivity index is 1.41. The number of para-hydroxylation sites is 1. The maximum absolute atomic E-state index is 13.5. The van der Waals surface area contributed by atoms with Crippen molar-refractivity contribution in [1.29, 1.82) is 0 Å². The molecule has 0 atom stereocenters. The number of aliphatic imine (C=N–C) groups is 1. The summed E-state index contributed by atoms with van der Waals surface area (Å²) in [4.78, 5) is 31.6. The van der Waals surface area contributed by atoms with Crippen LogP contribution in [0, 0.1) is 0 Å². The molecule has 0 unspecified atom stereocenters. The van der Waals surface area contributed by atoms with Gasteiger partial charge in [-0.05, 0) is 93.4 Å². The van der Waals surface area contributed by atoms with Crippen LogP contribution in [0.25, 0.3) is 6.08 Å². The van der Waals surface area contributed by atoms with Gasteiger partial charge in [0.1, 0.15) is 12.4 Å². The zero-order valence-corrected chi connectivity index (χ0v) is 23.6. The number of benzene rings is 3. The first-order valence-corrected chi connectivity index (χ1v) is 13.7. The van der Waals surface area contributed by atoms with Gasteiger partial charge in [0.15, 0.2) is 16.7 Å². The second-order valence-electron chi connectivity index (χ2n) is 8.64. The standard InChI is InChI=1S/C30H23BrN2O6S/c1-37-25-15-20(14-24(31)27(25)39-18-19-7-5-8-21(13-19)29(35)36)16-26-28(34)33(17-23-11-6-12-38-23)30(40-26)32-22-9-3-2-4-10-22/h2-16H,17-18H2,1H3,(H,35,36)/b26-16-,32-30?. The van der Waals surface area contributed by atoms with Crippen LogP contribution < -0.4 is 9.47 Å². The third-order valence-electron chi connectivity index (χ3n) is 5.87. The molecule has 1 aromatic heterocycles. The zero-order valence-electron chi connectivity index (χ0n) is 21.2. The maximum Gasteiger partial charge on any atom is 0.335 e. The highest BCUT2D eigenvalue weighted by Gasteiger charge is 2.34. The van der Waals surface area contributed by atoms with Crippen molar-refractivity contribution in [3.63, 3.8) is 0 Å². The van der Waals surface area contributed by atoms with Gasteiger partial charge in [0, 0.05) is 0 Å². The average Bonchev–Trinajstić information content (AvgIpc) is 3.57. The van der Waals surface area contributed by atoms with Crippen molar-refractivity contribution < 1.29 is 28.6 Å². The summed E-state index contributed by atoms with van der Waals surface area (Å²) < 4.78 is 17.7. The number of carbonyl (C=O) groups is 2. The van der Waals surface area contributed by atoms with Crippen LogP contribution in [0.4, 0.5) is 5.69 Å². The molecule has 1 N–H and O–H groups in total. The molecule has 202 valence electrons. The highest BCUT2D eigenvalue weighted by atomic mass is 79.9. The molecule has 1 saturated heterocycles. The number of nitrogens with zero attached hydrogens (tertiary/aromatic N) is 2. The number of methoxy groups -OCH3 is 1. The fourth-order valence-electron chi connectivity index (χ4n) is 3.97. The lowest BCUT2D eigenvalue weighted by Crippen LogP contribution is -2.28. The Bertz CT molecular complexity index is 1600. The van der Waals surface area contributed by atoms with Crippen LogP contribution in [0.2, 0.25) is 0 Å². The SMILES string of the molecule is COc1cc(/C=C2\SC(=Nc3ccccc3)N(Cc3ccco3)C2=O)cc(Br)c1OCc1cccc(C(=O)O)c1. The summed E-state index contributed by atoms with van der Waals surface area (Å²) in [6.07, 6.45) is 3.35. The largest absolute Gasteiger partial charge is 0.493 e. The first-order valence-electron chi connectivity index (χ1n) is 12.1. The third-order valence-corrected chi connectivity index (χ3v) is 7.47. The van der Waals surface area contributed by atoms with Crippen LogP contribution in [0.15, 0.2) is 104 Å². The summed E-state index contributed by atoms with van der Waals surface area (Å²) in [5.74, 6) is 0.371. The van der Waals surface area contributed by atoms with Gasteiger partial charge >= 0.3 is 5.97 Å². The smallest absolute Gasteiger partial charge is 0.335 e. The Morgan fingerprint density at radius 2 is 1.93 bits per heavy atom. The number of amides is 1. The van der Waals surface area contributed by atoms with E-state index < -0.39 is 5.97 Å². The Morgan fingerprint density at radius 3 is 2.65 bits per heavy atom. The molecule has 2 heterocycles. The molecule has 1 aliphatic rings. The second-order valence-corrected chi connectivity index (χ2v) is 10.5. The van der Waals surface area contributed by atoms with E-state index in [0.29, 0.717) is 37.4 Å². The third kappa shape index (κ3) is 6.30. The van der Waals surface area contributed by atoms with Gasteiger partial charge in [-0.3, -0.25) is 9.69 Å². The van der Waals surface area contributed by atoms with E-state index in [-0.39, 0.29) is 24.6 Å². The molecule has 4 aromatic rings. The van der Waals surface area contributed by atoms with Crippen LogP contribution in [0.5, 0.6) is 11.5 Å². The minimum atomic E-state index is -1.00. The molecule has 0 radical (unpaired) electrons. The van der Waals surface area contributed by atoms with Gasteiger partial charge < -0.3 is 19.0 Å². The zero-order chi connectivity index (χ0) is 28.1. The van der Waals surface area contributed by atoms with E-state index in [1.807, 2.05) is 42.5 Å². The van der Waals surface area contributed by atoms with Gasteiger partial charge in [0.05, 0.1) is 40.5 Å². The minimum absolute atomic E-state index is 0.145. The highest BCUT2D eigenvalue weighted by molar-refractivity contribution is 9.10. The fourth-order valence-corrected chi connectivity index (χ4v) is 5.54. The van der Waals surface area contributed by atoms with Crippen molar-refractivity contribution >= 4 is 56.5 Å². The molecule has 0 bridgehead atoms. The number of aromatic carboxylic acids is 1. The summed E-state index contributed by atoms with van der Waals surface area (Å²) in [7, 11) is 1.53. The molecule has 3 aromatic carbocycles. The quantitative estimate of drug-likeness (QED) is 0.199. The fraction of sp³-hybridized carbons (Fsp3) is 0.100. The summed E-state index contributed by atoms with van der Waals surface area (Å²) in [6.45, 7) is 0.399. The number of carboxylic acid groups (broad SMARTS) is 1. The highest BCUT2D eigenvalue weighted by Crippen LogP contribution is 2.40. The lowest BCUT2D eigenvalue weighted by Gasteiger charge is -2.14. The number of carboxylic acids is 1. The molecule has 0 spiro atoms. The van der Waals surface area contributed by atoms with Crippen LogP contribution in [-0.4, -0.2) is 34.2 Å². The minimum Gasteiger partial charge on any atom is -0.493 e. The van der Waals surface area contributed by atoms with E-state index in [0.717, 1.165) is 11.3 Å². The molecule has 5 rings (SSSR count). The maximum atomic E-state index is 13.5. The van der Waals surface area contributed by atoms with Crippen molar-refractivity contribution in [2.24, 2.45) is 4.99 Å². The van der Waals surface area contributed by atoms with Crippen LogP contribution >= 0.6 is 27.7 Å². The van der Waals surface area contributed by atoms with Crippen LogP contribution in [-0.2, 0) is 17.9 Å².